The number of non-ortho nitro benzene ring substituents is 1. The van der Waals surface area contributed by atoms with Gasteiger partial charge in [0, 0.05) is 12.1 Å². The summed E-state index contributed by atoms with van der Waals surface area (Å²) in [5.74, 6) is -1.04. The maximum absolute atomic E-state index is 14.0. The van der Waals surface area contributed by atoms with E-state index in [9.17, 15) is 18.9 Å². The minimum atomic E-state index is -0.855. The summed E-state index contributed by atoms with van der Waals surface area (Å²) in [6.07, 6.45) is -0.855. The Kier molecular flexibility index (Phi) is 4.16. The van der Waals surface area contributed by atoms with Crippen molar-refractivity contribution in [3.05, 3.63) is 69.3 Å². The van der Waals surface area contributed by atoms with Crippen molar-refractivity contribution in [2.24, 2.45) is 0 Å². The van der Waals surface area contributed by atoms with Crippen LogP contribution in [0.1, 0.15) is 24.2 Å². The van der Waals surface area contributed by atoms with E-state index in [1.807, 2.05) is 0 Å². The number of nitro benzene ring substituents is 1. The van der Waals surface area contributed by atoms with Crippen molar-refractivity contribution < 1.29 is 18.4 Å². The Bertz CT molecular complexity index is 671. The van der Waals surface area contributed by atoms with Gasteiger partial charge in [-0.2, -0.15) is 0 Å². The average molecular weight is 293 g/mol. The Labute approximate surface area is 120 Å². The molecule has 2 aromatic carbocycles. The number of hydrogen-bond acceptors (Lipinski definition) is 3. The molecule has 0 heterocycles. The SMILES string of the molecule is Cc1ccc(F)c(C(C)Oc2ccc([N+](=O)[O-])cc2)c1F. The third kappa shape index (κ3) is 3.16. The van der Waals surface area contributed by atoms with Crippen LogP contribution in [-0.2, 0) is 0 Å². The lowest BCUT2D eigenvalue weighted by molar-refractivity contribution is -0.384. The highest BCUT2D eigenvalue weighted by molar-refractivity contribution is 5.37. The molecular weight excluding hydrogens is 280 g/mol. The third-order valence-corrected chi connectivity index (χ3v) is 3.09. The fourth-order valence-electron chi connectivity index (χ4n) is 1.96. The number of rotatable bonds is 4. The first-order chi connectivity index (χ1) is 9.90. The van der Waals surface area contributed by atoms with Crippen LogP contribution in [0, 0.1) is 28.7 Å². The molecule has 1 unspecified atom stereocenters. The van der Waals surface area contributed by atoms with E-state index in [2.05, 4.69) is 0 Å². The number of hydrogen-bond donors (Lipinski definition) is 0. The first-order valence-electron chi connectivity index (χ1n) is 6.25. The quantitative estimate of drug-likeness (QED) is 0.623. The molecule has 0 bridgehead atoms. The molecule has 2 aromatic rings. The molecule has 21 heavy (non-hydrogen) atoms. The van der Waals surface area contributed by atoms with Gasteiger partial charge in [-0.3, -0.25) is 10.1 Å². The van der Waals surface area contributed by atoms with E-state index >= 15 is 0 Å². The Morgan fingerprint density at radius 2 is 1.76 bits per heavy atom. The molecule has 0 aromatic heterocycles. The zero-order chi connectivity index (χ0) is 15.6. The lowest BCUT2D eigenvalue weighted by Crippen LogP contribution is -2.09. The molecule has 0 amide bonds. The molecule has 1 atom stereocenters. The second-order valence-corrected chi connectivity index (χ2v) is 4.60. The predicted molar refractivity (Wildman–Crippen MR) is 73.2 cm³/mol. The van der Waals surface area contributed by atoms with Gasteiger partial charge in [0.15, 0.2) is 0 Å². The molecule has 4 nitrogen and oxygen atoms in total. The normalized spacial score (nSPS) is 12.0. The van der Waals surface area contributed by atoms with Crippen molar-refractivity contribution in [2.45, 2.75) is 20.0 Å². The van der Waals surface area contributed by atoms with Gasteiger partial charge in [0.05, 0.1) is 10.5 Å². The molecule has 0 N–H and O–H groups in total. The number of benzene rings is 2. The molecule has 0 spiro atoms. The van der Waals surface area contributed by atoms with E-state index in [-0.39, 0.29) is 11.3 Å². The summed E-state index contributed by atoms with van der Waals surface area (Å²) in [6, 6.07) is 7.85. The van der Waals surface area contributed by atoms with E-state index < -0.39 is 22.7 Å². The van der Waals surface area contributed by atoms with Gasteiger partial charge in [-0.05, 0) is 37.6 Å². The molecule has 2 rings (SSSR count). The number of aryl methyl sites for hydroxylation is 1. The Morgan fingerprint density at radius 3 is 2.33 bits per heavy atom. The lowest BCUT2D eigenvalue weighted by atomic mass is 10.1. The van der Waals surface area contributed by atoms with Crippen molar-refractivity contribution in [1.29, 1.82) is 0 Å². The summed E-state index contributed by atoms with van der Waals surface area (Å²) in [6.45, 7) is 3.05. The van der Waals surface area contributed by atoms with Gasteiger partial charge in [0.2, 0.25) is 0 Å². The van der Waals surface area contributed by atoms with Crippen molar-refractivity contribution >= 4 is 5.69 Å². The Morgan fingerprint density at radius 1 is 1.14 bits per heavy atom. The van der Waals surface area contributed by atoms with Crippen LogP contribution < -0.4 is 4.74 Å². The maximum atomic E-state index is 14.0. The Balaban J connectivity index is 2.24. The van der Waals surface area contributed by atoms with Crippen LogP contribution in [0.3, 0.4) is 0 Å². The first kappa shape index (κ1) is 14.9. The maximum Gasteiger partial charge on any atom is 0.269 e. The molecule has 0 radical (unpaired) electrons. The zero-order valence-corrected chi connectivity index (χ0v) is 11.5. The van der Waals surface area contributed by atoms with Crippen LogP contribution in [0.2, 0.25) is 0 Å². The average Bonchev–Trinajstić information content (AvgIpc) is 2.44. The van der Waals surface area contributed by atoms with Crippen LogP contribution in [0.25, 0.3) is 0 Å². The van der Waals surface area contributed by atoms with E-state index in [1.165, 1.54) is 50.2 Å². The molecule has 0 aliphatic heterocycles. The minimum Gasteiger partial charge on any atom is -0.486 e. The van der Waals surface area contributed by atoms with Crippen LogP contribution >= 0.6 is 0 Å². The predicted octanol–water partition coefficient (Wildman–Crippen LogP) is 4.32. The lowest BCUT2D eigenvalue weighted by Gasteiger charge is -2.17. The highest BCUT2D eigenvalue weighted by atomic mass is 19.1. The highest BCUT2D eigenvalue weighted by Crippen LogP contribution is 2.28. The topological polar surface area (TPSA) is 52.4 Å². The molecule has 0 fully saturated rings. The summed E-state index contributed by atoms with van der Waals surface area (Å²) in [4.78, 5) is 10.0. The number of nitrogens with zero attached hydrogens (tertiary/aromatic N) is 1. The van der Waals surface area contributed by atoms with Gasteiger partial charge in [-0.1, -0.05) is 6.07 Å². The fraction of sp³-hybridized carbons (Fsp3) is 0.200. The minimum absolute atomic E-state index is 0.0806. The third-order valence-electron chi connectivity index (χ3n) is 3.09. The van der Waals surface area contributed by atoms with Crippen LogP contribution in [-0.4, -0.2) is 4.92 Å². The van der Waals surface area contributed by atoms with Crippen LogP contribution in [0.4, 0.5) is 14.5 Å². The van der Waals surface area contributed by atoms with Crippen LogP contribution in [0.5, 0.6) is 5.75 Å². The monoisotopic (exact) mass is 293 g/mol. The van der Waals surface area contributed by atoms with Crippen molar-refractivity contribution in [1.82, 2.24) is 0 Å². The summed E-state index contributed by atoms with van der Waals surface area (Å²) in [5, 5.41) is 10.5. The van der Waals surface area contributed by atoms with Crippen molar-refractivity contribution in [3.63, 3.8) is 0 Å². The molecule has 110 valence electrons. The van der Waals surface area contributed by atoms with Gasteiger partial charge in [0.25, 0.3) is 5.69 Å². The van der Waals surface area contributed by atoms with Gasteiger partial charge in [0.1, 0.15) is 23.5 Å². The fourth-order valence-corrected chi connectivity index (χ4v) is 1.96. The summed E-state index contributed by atoms with van der Waals surface area (Å²) < 4.78 is 33.2. The van der Waals surface area contributed by atoms with Crippen molar-refractivity contribution in [3.8, 4) is 5.75 Å². The van der Waals surface area contributed by atoms with Gasteiger partial charge in [-0.15, -0.1) is 0 Å². The molecular formula is C15H13F2NO3. The highest BCUT2D eigenvalue weighted by Gasteiger charge is 2.19. The molecule has 0 aliphatic carbocycles. The molecule has 6 heteroatoms. The summed E-state index contributed by atoms with van der Waals surface area (Å²) >= 11 is 0. The second kappa shape index (κ2) is 5.87. The molecule has 0 saturated carbocycles. The first-order valence-corrected chi connectivity index (χ1v) is 6.25. The number of halogens is 2. The van der Waals surface area contributed by atoms with Gasteiger partial charge in [-0.25, -0.2) is 8.78 Å². The number of ether oxygens (including phenoxy) is 1. The standard InChI is InChI=1S/C15H13F2NO3/c1-9-3-8-13(16)14(15(9)17)10(2)21-12-6-4-11(5-7-12)18(19)20/h3-8,10H,1-2H3. The van der Waals surface area contributed by atoms with E-state index in [0.717, 1.165) is 0 Å². The largest absolute Gasteiger partial charge is 0.486 e. The van der Waals surface area contributed by atoms with Crippen LogP contribution in [0.15, 0.2) is 36.4 Å². The van der Waals surface area contributed by atoms with E-state index in [4.69, 9.17) is 4.74 Å². The van der Waals surface area contributed by atoms with E-state index in [0.29, 0.717) is 11.3 Å². The smallest absolute Gasteiger partial charge is 0.269 e. The Hall–Kier alpha value is -2.50. The summed E-state index contributed by atoms with van der Waals surface area (Å²) in [7, 11) is 0. The zero-order valence-electron chi connectivity index (χ0n) is 11.5. The van der Waals surface area contributed by atoms with Gasteiger partial charge >= 0.3 is 0 Å². The second-order valence-electron chi connectivity index (χ2n) is 4.60. The summed E-state index contributed by atoms with van der Waals surface area (Å²) in [5.41, 5.74) is 0.0850. The molecule has 0 saturated heterocycles. The van der Waals surface area contributed by atoms with E-state index in [1.54, 1.807) is 0 Å². The van der Waals surface area contributed by atoms with Gasteiger partial charge < -0.3 is 4.74 Å². The van der Waals surface area contributed by atoms with Crippen molar-refractivity contribution in [2.75, 3.05) is 0 Å². The molecule has 0 aliphatic rings. The number of nitro groups is 1.